The third kappa shape index (κ3) is 3.90. The average molecular weight is 345 g/mol. The summed E-state index contributed by atoms with van der Waals surface area (Å²) >= 11 is 0. The number of ether oxygens (including phenoxy) is 1. The first-order valence-electron chi connectivity index (χ1n) is 9.62. The van der Waals surface area contributed by atoms with Crippen molar-refractivity contribution >= 4 is 5.91 Å². The second-order valence-corrected chi connectivity index (χ2v) is 8.10. The van der Waals surface area contributed by atoms with Gasteiger partial charge in [0.05, 0.1) is 12.0 Å². The van der Waals surface area contributed by atoms with E-state index in [2.05, 4.69) is 19.2 Å². The largest absolute Gasteiger partial charge is 0.392 e. The molecule has 0 aromatic heterocycles. The molecule has 1 aliphatic carbocycles. The summed E-state index contributed by atoms with van der Waals surface area (Å²) in [5.74, 6) is 0.321. The molecule has 0 radical (unpaired) electrons. The zero-order valence-electron chi connectivity index (χ0n) is 15.4. The van der Waals surface area contributed by atoms with E-state index in [0.29, 0.717) is 6.54 Å². The maximum atomic E-state index is 12.8. The first-order valence-corrected chi connectivity index (χ1v) is 9.62. The van der Waals surface area contributed by atoms with Crippen LogP contribution >= 0.6 is 0 Å². The van der Waals surface area contributed by atoms with Gasteiger partial charge < -0.3 is 15.2 Å². The van der Waals surface area contributed by atoms with Crippen LogP contribution in [0.4, 0.5) is 0 Å². The summed E-state index contributed by atoms with van der Waals surface area (Å²) in [5, 5.41) is 14.0. The summed E-state index contributed by atoms with van der Waals surface area (Å²) in [7, 11) is 0. The van der Waals surface area contributed by atoms with Gasteiger partial charge in [-0.15, -0.1) is 0 Å². The van der Waals surface area contributed by atoms with Crippen LogP contribution in [-0.4, -0.2) is 36.9 Å². The summed E-state index contributed by atoms with van der Waals surface area (Å²) in [6, 6.07) is 9.97. The Morgan fingerprint density at radius 1 is 1.24 bits per heavy atom. The smallest absolute Gasteiger partial charge is 0.227 e. The highest BCUT2D eigenvalue weighted by Crippen LogP contribution is 2.48. The second kappa shape index (κ2) is 7.88. The van der Waals surface area contributed by atoms with E-state index in [1.54, 1.807) is 0 Å². The molecule has 1 saturated carbocycles. The molecule has 3 atom stereocenters. The molecule has 1 heterocycles. The Hall–Kier alpha value is -1.39. The minimum atomic E-state index is -0.328. The zero-order chi connectivity index (χ0) is 17.9. The van der Waals surface area contributed by atoms with E-state index in [0.717, 1.165) is 44.5 Å². The van der Waals surface area contributed by atoms with Crippen molar-refractivity contribution in [3.8, 4) is 0 Å². The molecule has 1 saturated heterocycles. The maximum Gasteiger partial charge on any atom is 0.227 e. The Morgan fingerprint density at radius 3 is 2.56 bits per heavy atom. The molecular weight excluding hydrogens is 314 g/mol. The van der Waals surface area contributed by atoms with Crippen molar-refractivity contribution in [2.24, 2.45) is 17.3 Å². The van der Waals surface area contributed by atoms with Crippen molar-refractivity contribution < 1.29 is 14.6 Å². The van der Waals surface area contributed by atoms with E-state index in [1.807, 2.05) is 30.3 Å². The number of benzene rings is 1. The molecule has 0 bridgehead atoms. The number of nitrogens with one attached hydrogen (secondary N) is 1. The Balaban J connectivity index is 1.60. The minimum absolute atomic E-state index is 0.0184. The zero-order valence-corrected chi connectivity index (χ0v) is 15.4. The van der Waals surface area contributed by atoms with Crippen molar-refractivity contribution in [3.05, 3.63) is 35.9 Å². The fourth-order valence-electron chi connectivity index (χ4n) is 4.66. The highest BCUT2D eigenvalue weighted by molar-refractivity contribution is 5.83. The summed E-state index contributed by atoms with van der Waals surface area (Å²) in [6.07, 6.45) is 3.59. The van der Waals surface area contributed by atoms with E-state index < -0.39 is 0 Å². The van der Waals surface area contributed by atoms with Crippen LogP contribution in [0.15, 0.2) is 30.3 Å². The van der Waals surface area contributed by atoms with Gasteiger partial charge in [0, 0.05) is 31.1 Å². The van der Waals surface area contributed by atoms with E-state index in [1.165, 1.54) is 0 Å². The number of carbonyl (C=O) groups excluding carboxylic acids is 1. The summed E-state index contributed by atoms with van der Waals surface area (Å²) in [4.78, 5) is 12.8. The molecule has 4 nitrogen and oxygen atoms in total. The summed E-state index contributed by atoms with van der Waals surface area (Å²) in [6.45, 7) is 6.23. The molecule has 2 fully saturated rings. The molecule has 1 aromatic carbocycles. The Kier molecular flexibility index (Phi) is 5.80. The van der Waals surface area contributed by atoms with Gasteiger partial charge >= 0.3 is 0 Å². The van der Waals surface area contributed by atoms with Crippen molar-refractivity contribution in [2.75, 3.05) is 19.8 Å². The number of amides is 1. The van der Waals surface area contributed by atoms with E-state index in [4.69, 9.17) is 4.74 Å². The summed E-state index contributed by atoms with van der Waals surface area (Å²) in [5.41, 5.74) is 1.08. The molecule has 2 aliphatic rings. The number of aliphatic hydroxyl groups is 1. The van der Waals surface area contributed by atoms with Gasteiger partial charge in [0.1, 0.15) is 0 Å². The fourth-order valence-corrected chi connectivity index (χ4v) is 4.66. The van der Waals surface area contributed by atoms with Crippen molar-refractivity contribution in [3.63, 3.8) is 0 Å². The number of hydrogen-bond donors (Lipinski definition) is 2. The molecule has 3 rings (SSSR count). The van der Waals surface area contributed by atoms with Gasteiger partial charge in [-0.25, -0.2) is 0 Å². The molecule has 2 N–H and O–H groups in total. The van der Waals surface area contributed by atoms with Crippen LogP contribution in [0, 0.1) is 17.3 Å². The molecule has 1 amide bonds. The molecule has 1 spiro atoms. The lowest BCUT2D eigenvalue weighted by atomic mass is 9.76. The highest BCUT2D eigenvalue weighted by atomic mass is 16.5. The molecule has 3 unspecified atom stereocenters. The van der Waals surface area contributed by atoms with Gasteiger partial charge in [-0.2, -0.15) is 0 Å². The molecule has 25 heavy (non-hydrogen) atoms. The minimum Gasteiger partial charge on any atom is -0.392 e. The van der Waals surface area contributed by atoms with E-state index in [9.17, 15) is 9.90 Å². The Bertz CT molecular complexity index is 566. The van der Waals surface area contributed by atoms with Gasteiger partial charge in [0.2, 0.25) is 5.91 Å². The fraction of sp³-hybridized carbons (Fsp3) is 0.667. The topological polar surface area (TPSA) is 58.6 Å². The quantitative estimate of drug-likeness (QED) is 0.862. The lowest BCUT2D eigenvalue weighted by Crippen LogP contribution is -2.42. The van der Waals surface area contributed by atoms with Crippen LogP contribution in [0.25, 0.3) is 0 Å². The molecule has 4 heteroatoms. The third-order valence-corrected chi connectivity index (χ3v) is 6.22. The number of rotatable bonds is 5. The normalized spacial score (nSPS) is 26.7. The van der Waals surface area contributed by atoms with Gasteiger partial charge in [0.25, 0.3) is 0 Å². The van der Waals surface area contributed by atoms with Crippen LogP contribution in [0.2, 0.25) is 0 Å². The molecular formula is C21H31NO3. The monoisotopic (exact) mass is 345 g/mol. The standard InChI is InChI=1S/C21H31NO3/c1-15(2)18(16-6-4-3-5-7-16)20(24)22-14-17-8-9-21(19(17)23)10-12-25-13-11-21/h3-7,15,17-19,23H,8-14H2,1-2H3,(H,22,24). The van der Waals surface area contributed by atoms with Crippen LogP contribution in [0.3, 0.4) is 0 Å². The number of aliphatic hydroxyl groups excluding tert-OH is 1. The third-order valence-electron chi connectivity index (χ3n) is 6.22. The lowest BCUT2D eigenvalue weighted by Gasteiger charge is -2.37. The SMILES string of the molecule is CC(C)C(C(=O)NCC1CCC2(CCOCC2)C1O)c1ccccc1. The summed E-state index contributed by atoms with van der Waals surface area (Å²) < 4.78 is 5.46. The number of hydrogen-bond acceptors (Lipinski definition) is 3. The van der Waals surface area contributed by atoms with E-state index in [-0.39, 0.29) is 35.2 Å². The second-order valence-electron chi connectivity index (χ2n) is 8.10. The molecule has 1 aromatic rings. The van der Waals surface area contributed by atoms with Gasteiger partial charge in [-0.05, 0) is 37.2 Å². The van der Waals surface area contributed by atoms with Crippen LogP contribution in [0.5, 0.6) is 0 Å². The van der Waals surface area contributed by atoms with E-state index >= 15 is 0 Å². The van der Waals surface area contributed by atoms with Crippen molar-refractivity contribution in [1.82, 2.24) is 5.32 Å². The average Bonchev–Trinajstić information content (AvgIpc) is 2.90. The predicted octanol–water partition coefficient (Wildman–Crippen LogP) is 3.11. The first-order chi connectivity index (χ1) is 12.0. The van der Waals surface area contributed by atoms with Gasteiger partial charge in [-0.1, -0.05) is 44.2 Å². The molecule has 1 aliphatic heterocycles. The van der Waals surface area contributed by atoms with Gasteiger partial charge in [-0.3, -0.25) is 4.79 Å². The Labute approximate surface area is 151 Å². The van der Waals surface area contributed by atoms with Crippen LogP contribution in [0.1, 0.15) is 51.0 Å². The molecule has 138 valence electrons. The lowest BCUT2D eigenvalue weighted by molar-refractivity contribution is -0.124. The van der Waals surface area contributed by atoms with Crippen molar-refractivity contribution in [1.29, 1.82) is 0 Å². The van der Waals surface area contributed by atoms with Crippen LogP contribution in [-0.2, 0) is 9.53 Å². The predicted molar refractivity (Wildman–Crippen MR) is 98.2 cm³/mol. The number of carbonyl (C=O) groups is 1. The highest BCUT2D eigenvalue weighted by Gasteiger charge is 2.48. The van der Waals surface area contributed by atoms with Gasteiger partial charge in [0.15, 0.2) is 0 Å². The Morgan fingerprint density at radius 2 is 1.92 bits per heavy atom. The van der Waals surface area contributed by atoms with Crippen LogP contribution < -0.4 is 5.32 Å². The first kappa shape index (κ1) is 18.4. The maximum absolute atomic E-state index is 12.8. The van der Waals surface area contributed by atoms with Crippen molar-refractivity contribution in [2.45, 2.75) is 51.6 Å².